The Hall–Kier alpha value is -1.63. The molecule has 1 fully saturated rings. The molecule has 3 heterocycles. The first-order chi connectivity index (χ1) is 8.57. The third-order valence-corrected chi connectivity index (χ3v) is 5.10. The summed E-state index contributed by atoms with van der Waals surface area (Å²) in [5, 5.41) is 6.98. The van der Waals surface area contributed by atoms with Crippen molar-refractivity contribution in [2.24, 2.45) is 0 Å². The Balaban J connectivity index is 2.03. The number of H-pyrrole nitrogens is 1. The first-order valence-electron chi connectivity index (χ1n) is 5.83. The monoisotopic (exact) mass is 267 g/mol. The highest BCUT2D eigenvalue weighted by Crippen LogP contribution is 2.27. The summed E-state index contributed by atoms with van der Waals surface area (Å²) in [5.74, 6) is 1.02. The van der Waals surface area contributed by atoms with Crippen LogP contribution in [0.3, 0.4) is 0 Å². The van der Waals surface area contributed by atoms with E-state index < -0.39 is 9.84 Å². The van der Waals surface area contributed by atoms with Crippen LogP contribution in [0.1, 0.15) is 24.6 Å². The van der Waals surface area contributed by atoms with E-state index in [0.717, 1.165) is 0 Å². The maximum atomic E-state index is 11.8. The molecule has 0 aromatic carbocycles. The second-order valence-electron chi connectivity index (χ2n) is 4.59. The molecule has 2 aromatic rings. The maximum absolute atomic E-state index is 11.8. The van der Waals surface area contributed by atoms with Gasteiger partial charge in [-0.05, 0) is 18.9 Å². The molecule has 0 radical (unpaired) electrons. The minimum absolute atomic E-state index is 0.0300. The molecule has 0 unspecified atom stereocenters. The number of nitrogens with one attached hydrogen (secondary N) is 1. The van der Waals surface area contributed by atoms with Gasteiger partial charge in [-0.3, -0.25) is 9.89 Å². The maximum Gasteiger partial charge on any atom is 0.257 e. The molecule has 18 heavy (non-hydrogen) atoms. The van der Waals surface area contributed by atoms with Crippen LogP contribution < -0.4 is 5.56 Å². The van der Waals surface area contributed by atoms with Gasteiger partial charge in [0, 0.05) is 12.0 Å². The SMILES string of the molecule is O=c1cccc2[nH]nc(C3CCS(=O)(=O)CC3)n12. The van der Waals surface area contributed by atoms with Gasteiger partial charge in [0.1, 0.15) is 21.3 Å². The molecule has 96 valence electrons. The number of fused-ring (bicyclic) bond motifs is 1. The smallest absolute Gasteiger partial charge is 0.257 e. The van der Waals surface area contributed by atoms with Crippen LogP contribution in [-0.2, 0) is 9.84 Å². The normalized spacial score (nSPS) is 20.2. The van der Waals surface area contributed by atoms with Crippen molar-refractivity contribution >= 4 is 15.5 Å². The van der Waals surface area contributed by atoms with Gasteiger partial charge < -0.3 is 0 Å². The summed E-state index contributed by atoms with van der Waals surface area (Å²) in [5.41, 5.74) is 0.510. The summed E-state index contributed by atoms with van der Waals surface area (Å²) in [6.45, 7) is 0. The predicted molar refractivity (Wildman–Crippen MR) is 66.4 cm³/mol. The fraction of sp³-hybridized carbons (Fsp3) is 0.455. The third kappa shape index (κ3) is 1.84. The summed E-state index contributed by atoms with van der Waals surface area (Å²) in [7, 11) is -2.90. The quantitative estimate of drug-likeness (QED) is 0.806. The molecular weight excluding hydrogens is 254 g/mol. The van der Waals surface area contributed by atoms with E-state index >= 15 is 0 Å². The number of hydrogen-bond acceptors (Lipinski definition) is 4. The molecule has 1 N–H and O–H groups in total. The van der Waals surface area contributed by atoms with Gasteiger partial charge in [0.15, 0.2) is 0 Å². The summed E-state index contributed by atoms with van der Waals surface area (Å²) in [6, 6.07) is 4.92. The van der Waals surface area contributed by atoms with Crippen molar-refractivity contribution in [2.45, 2.75) is 18.8 Å². The molecule has 0 saturated carbocycles. The molecule has 1 aliphatic heterocycles. The van der Waals surface area contributed by atoms with E-state index in [2.05, 4.69) is 10.2 Å². The Bertz CT molecular complexity index is 730. The Morgan fingerprint density at radius 3 is 2.72 bits per heavy atom. The summed E-state index contributed by atoms with van der Waals surface area (Å²) >= 11 is 0. The molecule has 7 heteroatoms. The van der Waals surface area contributed by atoms with E-state index in [1.165, 1.54) is 10.5 Å². The fourth-order valence-electron chi connectivity index (χ4n) is 2.40. The molecule has 0 spiro atoms. The number of nitrogens with zero attached hydrogens (tertiary/aromatic N) is 2. The van der Waals surface area contributed by atoms with Crippen LogP contribution in [0.5, 0.6) is 0 Å². The molecule has 0 aliphatic carbocycles. The minimum atomic E-state index is -2.90. The van der Waals surface area contributed by atoms with Crippen LogP contribution in [0.25, 0.3) is 5.65 Å². The summed E-state index contributed by atoms with van der Waals surface area (Å²) in [6.07, 6.45) is 1.06. The van der Waals surface area contributed by atoms with E-state index in [9.17, 15) is 13.2 Å². The Morgan fingerprint density at radius 1 is 1.28 bits per heavy atom. The fourth-order valence-corrected chi connectivity index (χ4v) is 3.89. The first-order valence-corrected chi connectivity index (χ1v) is 7.65. The van der Waals surface area contributed by atoms with Crippen molar-refractivity contribution in [2.75, 3.05) is 11.5 Å². The van der Waals surface area contributed by atoms with Gasteiger partial charge >= 0.3 is 0 Å². The topological polar surface area (TPSA) is 84.3 Å². The summed E-state index contributed by atoms with van der Waals surface area (Å²) < 4.78 is 24.3. The van der Waals surface area contributed by atoms with E-state index in [0.29, 0.717) is 24.3 Å². The first kappa shape index (κ1) is 11.5. The largest absolute Gasteiger partial charge is 0.269 e. The number of pyridine rings is 1. The molecule has 2 aromatic heterocycles. The Labute approximate surface area is 104 Å². The lowest BCUT2D eigenvalue weighted by atomic mass is 10.0. The van der Waals surface area contributed by atoms with Crippen LogP contribution in [-0.4, -0.2) is 34.5 Å². The van der Waals surface area contributed by atoms with Crippen LogP contribution >= 0.6 is 0 Å². The molecule has 0 bridgehead atoms. The lowest BCUT2D eigenvalue weighted by Gasteiger charge is -2.20. The van der Waals surface area contributed by atoms with Crippen molar-refractivity contribution in [1.29, 1.82) is 0 Å². The zero-order valence-electron chi connectivity index (χ0n) is 9.67. The van der Waals surface area contributed by atoms with Crippen molar-refractivity contribution in [3.63, 3.8) is 0 Å². The van der Waals surface area contributed by atoms with Gasteiger partial charge in [-0.1, -0.05) is 6.07 Å². The van der Waals surface area contributed by atoms with Crippen molar-refractivity contribution in [3.8, 4) is 0 Å². The van der Waals surface area contributed by atoms with Crippen LogP contribution in [0, 0.1) is 0 Å². The third-order valence-electron chi connectivity index (χ3n) is 3.39. The van der Waals surface area contributed by atoms with Gasteiger partial charge in [-0.2, -0.15) is 5.10 Å². The highest BCUT2D eigenvalue weighted by Gasteiger charge is 2.27. The second kappa shape index (κ2) is 3.94. The van der Waals surface area contributed by atoms with Crippen LogP contribution in [0.15, 0.2) is 23.0 Å². The van der Waals surface area contributed by atoms with E-state index in [1.807, 2.05) is 0 Å². The lowest BCUT2D eigenvalue weighted by molar-refractivity contribution is 0.533. The summed E-state index contributed by atoms with van der Waals surface area (Å²) in [4.78, 5) is 11.8. The van der Waals surface area contributed by atoms with Gasteiger partial charge in [-0.25, -0.2) is 12.8 Å². The minimum Gasteiger partial charge on any atom is -0.269 e. The van der Waals surface area contributed by atoms with Crippen molar-refractivity contribution in [1.82, 2.24) is 14.6 Å². The van der Waals surface area contributed by atoms with Gasteiger partial charge in [0.25, 0.3) is 5.56 Å². The standard InChI is InChI=1S/C11H13N3O3S/c15-10-3-1-2-9-12-13-11(14(9)10)8-4-6-18(16,17)7-5-8/h1-3,8,12H,4-7H2. The number of aromatic nitrogens is 3. The zero-order valence-corrected chi connectivity index (χ0v) is 10.5. The molecule has 1 aliphatic rings. The van der Waals surface area contributed by atoms with Crippen LogP contribution in [0.2, 0.25) is 0 Å². The number of hydrogen-bond donors (Lipinski definition) is 1. The predicted octanol–water partition coefficient (Wildman–Crippen LogP) is 0.315. The van der Waals surface area contributed by atoms with Crippen molar-refractivity contribution in [3.05, 3.63) is 34.4 Å². The van der Waals surface area contributed by atoms with Gasteiger partial charge in [0.2, 0.25) is 0 Å². The van der Waals surface area contributed by atoms with E-state index in [1.54, 1.807) is 12.1 Å². The lowest BCUT2D eigenvalue weighted by Crippen LogP contribution is -2.25. The number of aromatic amines is 1. The molecule has 3 rings (SSSR count). The molecule has 0 amide bonds. The molecule has 0 atom stereocenters. The second-order valence-corrected chi connectivity index (χ2v) is 6.90. The van der Waals surface area contributed by atoms with Crippen LogP contribution in [0.4, 0.5) is 0 Å². The average Bonchev–Trinajstić information content (AvgIpc) is 2.74. The van der Waals surface area contributed by atoms with E-state index in [4.69, 9.17) is 0 Å². The van der Waals surface area contributed by atoms with Gasteiger partial charge in [-0.15, -0.1) is 0 Å². The Morgan fingerprint density at radius 2 is 2.00 bits per heavy atom. The average molecular weight is 267 g/mol. The highest BCUT2D eigenvalue weighted by molar-refractivity contribution is 7.91. The van der Waals surface area contributed by atoms with E-state index in [-0.39, 0.29) is 23.0 Å². The molecule has 1 saturated heterocycles. The number of sulfone groups is 1. The number of rotatable bonds is 1. The van der Waals surface area contributed by atoms with Gasteiger partial charge in [0.05, 0.1) is 11.5 Å². The molecular formula is C11H13N3O3S. The van der Waals surface area contributed by atoms with Crippen molar-refractivity contribution < 1.29 is 8.42 Å². The molecule has 6 nitrogen and oxygen atoms in total. The highest BCUT2D eigenvalue weighted by atomic mass is 32.2. The Kier molecular flexibility index (Phi) is 2.51. The zero-order chi connectivity index (χ0) is 12.8.